The number of amides is 3. The molecule has 0 spiro atoms. The molecule has 0 radical (unpaired) electrons. The molecule has 1 saturated carbocycles. The van der Waals surface area contributed by atoms with Crippen molar-refractivity contribution in [1.29, 1.82) is 0 Å². The lowest BCUT2D eigenvalue weighted by molar-refractivity contribution is 0.0765. The van der Waals surface area contributed by atoms with Crippen LogP contribution in [-0.4, -0.2) is 33.2 Å². The molecule has 8 nitrogen and oxygen atoms in total. The van der Waals surface area contributed by atoms with Crippen molar-refractivity contribution in [2.45, 2.75) is 25.4 Å². The minimum atomic E-state index is -0.644. The van der Waals surface area contributed by atoms with Gasteiger partial charge in [0.15, 0.2) is 0 Å². The number of nitrogen functional groups attached to an aromatic ring is 1. The molecule has 0 saturated heterocycles. The Morgan fingerprint density at radius 1 is 1.04 bits per heavy atom. The lowest BCUT2D eigenvalue weighted by atomic mass is 10.1. The highest BCUT2D eigenvalue weighted by Gasteiger charge is 2.40. The fraction of sp³-hybridized carbons (Fsp3) is 0.222. The quantitative estimate of drug-likeness (QED) is 0.762. The fourth-order valence-corrected chi connectivity index (χ4v) is 3.76. The molecule has 1 aliphatic carbocycles. The zero-order chi connectivity index (χ0) is 18.2. The molecular weight excluding hydrogens is 336 g/mol. The van der Waals surface area contributed by atoms with Crippen molar-refractivity contribution in [3.05, 3.63) is 56.9 Å². The van der Waals surface area contributed by atoms with Crippen molar-refractivity contribution in [2.24, 2.45) is 0 Å². The maximum absolute atomic E-state index is 12.9. The maximum atomic E-state index is 12.9. The Kier molecular flexibility index (Phi) is 2.75. The van der Waals surface area contributed by atoms with Gasteiger partial charge in [0.25, 0.3) is 23.3 Å². The molecule has 3 heterocycles. The number of carbonyl (C=O) groups excluding carboxylic acids is 3. The first kappa shape index (κ1) is 14.9. The number of aromatic nitrogens is 1. The summed E-state index contributed by atoms with van der Waals surface area (Å²) in [6.45, 7) is 0.505. The van der Waals surface area contributed by atoms with E-state index in [-0.39, 0.29) is 28.9 Å². The number of nitrogens with two attached hydrogens (primary N) is 1. The summed E-state index contributed by atoms with van der Waals surface area (Å²) in [4.78, 5) is 51.2. The van der Waals surface area contributed by atoms with E-state index in [1.54, 1.807) is 17.0 Å². The smallest absolute Gasteiger partial charge is 0.262 e. The van der Waals surface area contributed by atoms with E-state index in [2.05, 4.69) is 5.32 Å². The summed E-state index contributed by atoms with van der Waals surface area (Å²) in [5.74, 6) is -1.56. The minimum Gasteiger partial charge on any atom is -0.384 e. The molecule has 1 fully saturated rings. The van der Waals surface area contributed by atoms with E-state index in [9.17, 15) is 19.2 Å². The van der Waals surface area contributed by atoms with Crippen molar-refractivity contribution < 1.29 is 14.4 Å². The summed E-state index contributed by atoms with van der Waals surface area (Å²) in [6, 6.07) is 6.57. The first-order valence-corrected chi connectivity index (χ1v) is 8.32. The van der Waals surface area contributed by atoms with Gasteiger partial charge in [-0.25, -0.2) is 0 Å². The summed E-state index contributed by atoms with van der Waals surface area (Å²) in [7, 11) is 0. The van der Waals surface area contributed by atoms with E-state index < -0.39 is 17.4 Å². The summed E-state index contributed by atoms with van der Waals surface area (Å²) < 4.78 is 1.14. The number of hydrogen-bond donors (Lipinski definition) is 2. The van der Waals surface area contributed by atoms with Gasteiger partial charge in [-0.2, -0.15) is 0 Å². The van der Waals surface area contributed by atoms with E-state index >= 15 is 0 Å². The molecule has 2 aromatic rings. The molecule has 0 atom stereocenters. The molecule has 8 heteroatoms. The highest BCUT2D eigenvalue weighted by atomic mass is 16.2. The highest BCUT2D eigenvalue weighted by molar-refractivity contribution is 6.23. The number of rotatable bonds is 2. The molecule has 130 valence electrons. The van der Waals surface area contributed by atoms with Crippen LogP contribution >= 0.6 is 0 Å². The number of imide groups is 1. The van der Waals surface area contributed by atoms with E-state index in [1.165, 1.54) is 0 Å². The van der Waals surface area contributed by atoms with Crippen LogP contribution in [-0.2, 0) is 6.54 Å². The van der Waals surface area contributed by atoms with Crippen molar-refractivity contribution >= 4 is 23.5 Å². The van der Waals surface area contributed by atoms with Crippen LogP contribution in [0.5, 0.6) is 0 Å². The average Bonchev–Trinajstić information content (AvgIpc) is 3.32. The second kappa shape index (κ2) is 4.81. The van der Waals surface area contributed by atoms with Crippen LogP contribution in [0.4, 0.5) is 5.82 Å². The van der Waals surface area contributed by atoms with Gasteiger partial charge in [-0.1, -0.05) is 12.1 Å². The molecule has 26 heavy (non-hydrogen) atoms. The monoisotopic (exact) mass is 350 g/mol. The molecule has 3 amide bonds. The van der Waals surface area contributed by atoms with Crippen molar-refractivity contribution in [3.63, 3.8) is 0 Å². The molecule has 0 bridgehead atoms. The third-order valence-corrected chi connectivity index (χ3v) is 5.13. The second-order valence-electron chi connectivity index (χ2n) is 6.75. The Balaban J connectivity index is 1.75. The fourth-order valence-electron chi connectivity index (χ4n) is 3.76. The first-order valence-electron chi connectivity index (χ1n) is 8.32. The summed E-state index contributed by atoms with van der Waals surface area (Å²) in [5, 5.41) is 2.14. The Morgan fingerprint density at radius 3 is 2.54 bits per heavy atom. The first-order chi connectivity index (χ1) is 12.5. The van der Waals surface area contributed by atoms with Gasteiger partial charge in [0, 0.05) is 18.7 Å². The molecule has 5 rings (SSSR count). The van der Waals surface area contributed by atoms with E-state index in [0.717, 1.165) is 29.0 Å². The Hall–Kier alpha value is -3.42. The van der Waals surface area contributed by atoms with Crippen LogP contribution in [0.1, 0.15) is 49.5 Å². The van der Waals surface area contributed by atoms with Crippen molar-refractivity contribution in [1.82, 2.24) is 14.8 Å². The number of nitrogens with one attached hydrogen (secondary N) is 1. The third kappa shape index (κ3) is 1.83. The van der Waals surface area contributed by atoms with Crippen molar-refractivity contribution in [3.8, 4) is 5.69 Å². The number of nitrogens with zero attached hydrogens (tertiary/aromatic N) is 2. The molecule has 1 aromatic heterocycles. The summed E-state index contributed by atoms with van der Waals surface area (Å²) >= 11 is 0. The van der Waals surface area contributed by atoms with Gasteiger partial charge in [-0.15, -0.1) is 0 Å². The average molecular weight is 350 g/mol. The summed E-state index contributed by atoms with van der Waals surface area (Å²) in [5.41, 5.74) is 7.06. The largest absolute Gasteiger partial charge is 0.384 e. The zero-order valence-electron chi connectivity index (χ0n) is 13.6. The van der Waals surface area contributed by atoms with Crippen LogP contribution in [0.3, 0.4) is 0 Å². The van der Waals surface area contributed by atoms with E-state index in [1.807, 2.05) is 6.07 Å². The van der Waals surface area contributed by atoms with E-state index in [0.29, 0.717) is 17.8 Å². The van der Waals surface area contributed by atoms with Crippen LogP contribution in [0.25, 0.3) is 5.69 Å². The normalized spacial score (nSPS) is 18.2. The zero-order valence-corrected chi connectivity index (χ0v) is 13.6. The van der Waals surface area contributed by atoms with Gasteiger partial charge in [0.1, 0.15) is 5.82 Å². The lowest BCUT2D eigenvalue weighted by Gasteiger charge is -2.16. The molecule has 3 aliphatic rings. The molecule has 2 aliphatic heterocycles. The second-order valence-corrected chi connectivity index (χ2v) is 6.75. The highest BCUT2D eigenvalue weighted by Crippen LogP contribution is 2.37. The van der Waals surface area contributed by atoms with Crippen LogP contribution < -0.4 is 16.6 Å². The van der Waals surface area contributed by atoms with Gasteiger partial charge in [0.2, 0.25) is 0 Å². The van der Waals surface area contributed by atoms with Gasteiger partial charge in [0.05, 0.1) is 22.4 Å². The Morgan fingerprint density at radius 2 is 1.81 bits per heavy atom. The Bertz CT molecular complexity index is 1100. The maximum Gasteiger partial charge on any atom is 0.262 e. The SMILES string of the molecule is Nc1c2c(cc(=O)n1-c1cccc3c1C(=O)N(C1CC1)C3)C(=O)NC2=O. The number of fused-ring (bicyclic) bond motifs is 2. The van der Waals surface area contributed by atoms with Crippen LogP contribution in [0.2, 0.25) is 0 Å². The predicted octanol–water partition coefficient (Wildman–Crippen LogP) is 0.421. The van der Waals surface area contributed by atoms with Gasteiger partial charge >= 0.3 is 0 Å². The van der Waals surface area contributed by atoms with Crippen molar-refractivity contribution in [2.75, 3.05) is 5.73 Å². The van der Waals surface area contributed by atoms with Crippen LogP contribution in [0.15, 0.2) is 29.1 Å². The summed E-state index contributed by atoms with van der Waals surface area (Å²) in [6.07, 6.45) is 1.97. The minimum absolute atomic E-state index is 0.0308. The number of hydrogen-bond acceptors (Lipinski definition) is 5. The number of anilines is 1. The number of benzene rings is 1. The lowest BCUT2D eigenvalue weighted by Crippen LogP contribution is -2.28. The van der Waals surface area contributed by atoms with Gasteiger partial charge in [-0.05, 0) is 24.5 Å². The molecule has 1 aromatic carbocycles. The topological polar surface area (TPSA) is 114 Å². The van der Waals surface area contributed by atoms with Crippen LogP contribution in [0, 0.1) is 0 Å². The number of carbonyl (C=O) groups is 3. The third-order valence-electron chi connectivity index (χ3n) is 5.13. The van der Waals surface area contributed by atoms with E-state index in [4.69, 9.17) is 5.73 Å². The molecule has 3 N–H and O–H groups in total. The standard InChI is InChI=1S/C18H14N4O4/c19-15-14-10(16(24)20-17(14)25)6-12(23)22(15)11-3-1-2-8-7-21(9-4-5-9)18(26)13(8)11/h1-3,6,9H,4-5,7,19H2,(H,20,24,25). The van der Waals surface area contributed by atoms with Gasteiger partial charge in [-0.3, -0.25) is 29.1 Å². The molecule has 0 unspecified atom stereocenters. The number of pyridine rings is 1. The van der Waals surface area contributed by atoms with Gasteiger partial charge < -0.3 is 10.6 Å². The molecular formula is C18H14N4O4. The Labute approximate surface area is 147 Å². The predicted molar refractivity (Wildman–Crippen MR) is 91.1 cm³/mol.